The average molecular weight is 227 g/mol. The van der Waals surface area contributed by atoms with Gasteiger partial charge in [0.05, 0.1) is 6.42 Å². The largest absolute Gasteiger partial charge is 0.505 e. The van der Waals surface area contributed by atoms with Crippen LogP contribution in [0.5, 0.6) is 5.75 Å². The predicted octanol–water partition coefficient (Wildman–Crippen LogP) is 1.44. The van der Waals surface area contributed by atoms with E-state index in [1.807, 2.05) is 0 Å². The first kappa shape index (κ1) is 12.4. The van der Waals surface area contributed by atoms with E-state index in [0.717, 1.165) is 0 Å². The molecule has 0 aromatic heterocycles. The number of hydrogen-bond donors (Lipinski definition) is 2. The third-order valence-corrected chi connectivity index (χ3v) is 2.17. The quantitative estimate of drug-likeness (QED) is 0.799. The van der Waals surface area contributed by atoms with Crippen molar-refractivity contribution in [2.24, 2.45) is 0 Å². The summed E-state index contributed by atoms with van der Waals surface area (Å²) >= 11 is 0. The van der Waals surface area contributed by atoms with Crippen molar-refractivity contribution in [3.63, 3.8) is 0 Å². The van der Waals surface area contributed by atoms with E-state index in [0.29, 0.717) is 18.7 Å². The lowest BCUT2D eigenvalue weighted by Gasteiger charge is -2.15. The van der Waals surface area contributed by atoms with E-state index >= 15 is 0 Å². The van der Waals surface area contributed by atoms with Gasteiger partial charge in [-0.2, -0.15) is 0 Å². The van der Waals surface area contributed by atoms with Crippen molar-refractivity contribution >= 4 is 5.97 Å². The van der Waals surface area contributed by atoms with Crippen molar-refractivity contribution in [2.45, 2.75) is 13.0 Å². The molecule has 0 saturated carbocycles. The Kier molecular flexibility index (Phi) is 4.25. The van der Waals surface area contributed by atoms with Gasteiger partial charge in [-0.05, 0) is 24.7 Å². The van der Waals surface area contributed by atoms with Gasteiger partial charge in [-0.15, -0.1) is 0 Å². The molecule has 0 aliphatic heterocycles. The van der Waals surface area contributed by atoms with Crippen LogP contribution in [0.4, 0.5) is 4.39 Å². The molecule has 88 valence electrons. The number of carboxylic acid groups (broad SMARTS) is 1. The number of rotatable bonds is 5. The summed E-state index contributed by atoms with van der Waals surface area (Å²) in [4.78, 5) is 12.1. The molecule has 0 unspecified atom stereocenters. The number of aliphatic carboxylic acids is 1. The number of phenolic OH excluding ortho intramolecular Hbond substituents is 1. The molecule has 0 aliphatic rings. The number of nitrogens with zero attached hydrogens (tertiary/aromatic N) is 1. The first-order valence-corrected chi connectivity index (χ1v) is 4.87. The predicted molar refractivity (Wildman–Crippen MR) is 56.7 cm³/mol. The summed E-state index contributed by atoms with van der Waals surface area (Å²) in [5.41, 5.74) is 0.697. The Balaban J connectivity index is 2.52. The molecule has 0 heterocycles. The average Bonchev–Trinajstić information content (AvgIpc) is 2.21. The van der Waals surface area contributed by atoms with Crippen LogP contribution in [0.25, 0.3) is 0 Å². The van der Waals surface area contributed by atoms with Gasteiger partial charge < -0.3 is 15.1 Å². The number of phenols is 1. The fourth-order valence-corrected chi connectivity index (χ4v) is 1.33. The highest BCUT2D eigenvalue weighted by Gasteiger charge is 2.06. The van der Waals surface area contributed by atoms with Crippen LogP contribution in [0.1, 0.15) is 12.0 Å². The molecule has 1 aromatic carbocycles. The van der Waals surface area contributed by atoms with E-state index in [4.69, 9.17) is 10.2 Å². The second-order valence-electron chi connectivity index (χ2n) is 3.67. The molecule has 0 saturated heterocycles. The summed E-state index contributed by atoms with van der Waals surface area (Å²) in [5, 5.41) is 17.5. The van der Waals surface area contributed by atoms with E-state index < -0.39 is 11.8 Å². The Hall–Kier alpha value is -1.62. The summed E-state index contributed by atoms with van der Waals surface area (Å²) in [6.07, 6.45) is 0.0526. The third-order valence-electron chi connectivity index (χ3n) is 2.17. The molecule has 0 radical (unpaired) electrons. The van der Waals surface area contributed by atoms with E-state index in [9.17, 15) is 9.18 Å². The maximum Gasteiger partial charge on any atom is 0.304 e. The Morgan fingerprint density at radius 1 is 1.50 bits per heavy atom. The molecule has 1 aromatic rings. The van der Waals surface area contributed by atoms with Crippen LogP contribution in [0.2, 0.25) is 0 Å². The van der Waals surface area contributed by atoms with Crippen LogP contribution < -0.4 is 0 Å². The zero-order valence-corrected chi connectivity index (χ0v) is 8.98. The molecule has 0 atom stereocenters. The van der Waals surface area contributed by atoms with Gasteiger partial charge in [0.1, 0.15) is 0 Å². The number of halogens is 1. The van der Waals surface area contributed by atoms with Gasteiger partial charge in [-0.25, -0.2) is 4.39 Å². The zero-order chi connectivity index (χ0) is 12.1. The highest BCUT2D eigenvalue weighted by Crippen LogP contribution is 2.16. The molecule has 2 N–H and O–H groups in total. The zero-order valence-electron chi connectivity index (χ0n) is 8.98. The van der Waals surface area contributed by atoms with Gasteiger partial charge in [0, 0.05) is 13.1 Å². The van der Waals surface area contributed by atoms with Crippen molar-refractivity contribution in [1.82, 2.24) is 4.90 Å². The first-order chi connectivity index (χ1) is 7.49. The first-order valence-electron chi connectivity index (χ1n) is 4.87. The Labute approximate surface area is 92.9 Å². The monoisotopic (exact) mass is 227 g/mol. The SMILES string of the molecule is CN(CCC(=O)O)Cc1ccc(O)c(F)c1. The van der Waals surface area contributed by atoms with Crippen LogP contribution in [-0.4, -0.2) is 34.7 Å². The van der Waals surface area contributed by atoms with Crippen molar-refractivity contribution in [1.29, 1.82) is 0 Å². The van der Waals surface area contributed by atoms with Crippen molar-refractivity contribution < 1.29 is 19.4 Å². The number of aromatic hydroxyl groups is 1. The lowest BCUT2D eigenvalue weighted by molar-refractivity contribution is -0.137. The van der Waals surface area contributed by atoms with E-state index in [1.54, 1.807) is 18.0 Å². The lowest BCUT2D eigenvalue weighted by Crippen LogP contribution is -2.21. The molecule has 0 fully saturated rings. The second-order valence-corrected chi connectivity index (χ2v) is 3.67. The standard InChI is InChI=1S/C11H14FNO3/c1-13(5-4-11(15)16)7-8-2-3-10(14)9(12)6-8/h2-3,6,14H,4-5,7H2,1H3,(H,15,16). The van der Waals surface area contributed by atoms with Crippen LogP contribution in [0.3, 0.4) is 0 Å². The summed E-state index contributed by atoms with van der Waals surface area (Å²) in [5.74, 6) is -1.90. The number of carboxylic acids is 1. The van der Waals surface area contributed by atoms with Gasteiger partial charge in [-0.3, -0.25) is 4.79 Å². The third kappa shape index (κ3) is 3.86. The van der Waals surface area contributed by atoms with Crippen LogP contribution in [0, 0.1) is 5.82 Å². The molecule has 1 rings (SSSR count). The van der Waals surface area contributed by atoms with E-state index in [2.05, 4.69) is 0 Å². The van der Waals surface area contributed by atoms with Crippen LogP contribution in [0.15, 0.2) is 18.2 Å². The summed E-state index contributed by atoms with van der Waals surface area (Å²) < 4.78 is 13.0. The Bertz CT molecular complexity index is 381. The molecule has 0 aliphatic carbocycles. The highest BCUT2D eigenvalue weighted by atomic mass is 19.1. The van der Waals surface area contributed by atoms with Gasteiger partial charge in [0.25, 0.3) is 0 Å². The molecule has 4 nitrogen and oxygen atoms in total. The van der Waals surface area contributed by atoms with Gasteiger partial charge >= 0.3 is 5.97 Å². The maximum atomic E-state index is 13.0. The Morgan fingerprint density at radius 3 is 2.75 bits per heavy atom. The van der Waals surface area contributed by atoms with Gasteiger partial charge in [0.2, 0.25) is 0 Å². The second kappa shape index (κ2) is 5.46. The number of hydrogen-bond acceptors (Lipinski definition) is 3. The summed E-state index contributed by atoms with van der Waals surface area (Å²) in [7, 11) is 1.76. The minimum absolute atomic E-state index is 0.0526. The van der Waals surface area contributed by atoms with E-state index in [1.165, 1.54) is 12.1 Å². The molecular formula is C11H14FNO3. The van der Waals surface area contributed by atoms with Gasteiger partial charge in [-0.1, -0.05) is 6.07 Å². The summed E-state index contributed by atoms with van der Waals surface area (Å²) in [6, 6.07) is 4.14. The highest BCUT2D eigenvalue weighted by molar-refractivity contribution is 5.66. The van der Waals surface area contributed by atoms with Crippen molar-refractivity contribution in [2.75, 3.05) is 13.6 Å². The van der Waals surface area contributed by atoms with Crippen molar-refractivity contribution in [3.8, 4) is 5.75 Å². The number of carbonyl (C=O) groups is 1. The molecule has 5 heteroatoms. The Morgan fingerprint density at radius 2 is 2.19 bits per heavy atom. The molecule has 0 spiro atoms. The summed E-state index contributed by atoms with van der Waals surface area (Å²) in [6.45, 7) is 0.850. The van der Waals surface area contributed by atoms with E-state index in [-0.39, 0.29) is 12.2 Å². The maximum absolute atomic E-state index is 13.0. The number of benzene rings is 1. The lowest BCUT2D eigenvalue weighted by atomic mass is 10.2. The topological polar surface area (TPSA) is 60.8 Å². The van der Waals surface area contributed by atoms with Crippen LogP contribution in [-0.2, 0) is 11.3 Å². The molecule has 16 heavy (non-hydrogen) atoms. The smallest absolute Gasteiger partial charge is 0.304 e. The van der Waals surface area contributed by atoms with Crippen LogP contribution >= 0.6 is 0 Å². The van der Waals surface area contributed by atoms with Crippen molar-refractivity contribution in [3.05, 3.63) is 29.6 Å². The molecular weight excluding hydrogens is 213 g/mol. The molecule has 0 amide bonds. The minimum atomic E-state index is -0.858. The fourth-order valence-electron chi connectivity index (χ4n) is 1.33. The van der Waals surface area contributed by atoms with Gasteiger partial charge in [0.15, 0.2) is 11.6 Å². The normalized spacial score (nSPS) is 10.7. The minimum Gasteiger partial charge on any atom is -0.505 e. The molecule has 0 bridgehead atoms. The fraction of sp³-hybridized carbons (Fsp3) is 0.364.